The molecule has 35 heavy (non-hydrogen) atoms. The van der Waals surface area contributed by atoms with Gasteiger partial charge in [0.1, 0.15) is 41.4 Å². The largest absolute Gasteiger partial charge is 0.490 e. The van der Waals surface area contributed by atoms with Crippen LogP contribution in [-0.2, 0) is 4.79 Å². The molecular formula is C26H25ClN4O3S. The van der Waals surface area contributed by atoms with Gasteiger partial charge in [-0.05, 0) is 48.7 Å². The summed E-state index contributed by atoms with van der Waals surface area (Å²) in [4.78, 5) is 12.6. The predicted molar refractivity (Wildman–Crippen MR) is 137 cm³/mol. The van der Waals surface area contributed by atoms with Gasteiger partial charge < -0.3 is 9.47 Å². The van der Waals surface area contributed by atoms with Crippen LogP contribution in [0.15, 0.2) is 54.1 Å². The molecule has 0 radical (unpaired) electrons. The molecule has 0 aliphatic heterocycles. The Kier molecular flexibility index (Phi) is 8.71. The van der Waals surface area contributed by atoms with Gasteiger partial charge in [0.15, 0.2) is 0 Å². The summed E-state index contributed by atoms with van der Waals surface area (Å²) in [5.41, 5.74) is 0.692. The van der Waals surface area contributed by atoms with E-state index in [0.717, 1.165) is 17.8 Å². The molecule has 4 rings (SSSR count). The third-order valence-corrected chi connectivity index (χ3v) is 6.93. The SMILES string of the molecule is N#CC(=Cc1ccc(OCCOc2ccccc2Cl)cc1)C(=O)Nc1nnc(C2CCCCC2)s1. The van der Waals surface area contributed by atoms with E-state index in [-0.39, 0.29) is 5.57 Å². The molecule has 0 atom stereocenters. The molecule has 9 heteroatoms. The van der Waals surface area contributed by atoms with Crippen LogP contribution in [0.1, 0.15) is 48.6 Å². The van der Waals surface area contributed by atoms with Gasteiger partial charge in [-0.2, -0.15) is 5.26 Å². The first kappa shape index (κ1) is 24.7. The molecular weight excluding hydrogens is 484 g/mol. The van der Waals surface area contributed by atoms with Crippen molar-refractivity contribution in [2.75, 3.05) is 18.5 Å². The molecule has 0 bridgehead atoms. The van der Waals surface area contributed by atoms with Crippen LogP contribution in [0.25, 0.3) is 6.08 Å². The fourth-order valence-corrected chi connectivity index (χ4v) is 4.91. The summed E-state index contributed by atoms with van der Waals surface area (Å²) in [5.74, 6) is 1.17. The smallest absolute Gasteiger partial charge is 0.268 e. The fraction of sp³-hybridized carbons (Fsp3) is 0.308. The summed E-state index contributed by atoms with van der Waals surface area (Å²) >= 11 is 7.45. The Morgan fingerprint density at radius 1 is 1.09 bits per heavy atom. The Balaban J connectivity index is 1.29. The number of aromatic nitrogens is 2. The van der Waals surface area contributed by atoms with E-state index in [1.54, 1.807) is 36.4 Å². The molecule has 1 N–H and O–H groups in total. The van der Waals surface area contributed by atoms with E-state index in [9.17, 15) is 10.1 Å². The van der Waals surface area contributed by atoms with Gasteiger partial charge in [0.2, 0.25) is 5.13 Å². The molecule has 1 heterocycles. The monoisotopic (exact) mass is 508 g/mol. The second kappa shape index (κ2) is 12.3. The Hall–Kier alpha value is -3.41. The van der Waals surface area contributed by atoms with Crippen molar-refractivity contribution >= 4 is 40.1 Å². The maximum absolute atomic E-state index is 12.6. The molecule has 1 saturated carbocycles. The minimum Gasteiger partial charge on any atom is -0.490 e. The van der Waals surface area contributed by atoms with Crippen molar-refractivity contribution in [1.82, 2.24) is 10.2 Å². The molecule has 2 aromatic carbocycles. The highest BCUT2D eigenvalue weighted by atomic mass is 35.5. The molecule has 1 fully saturated rings. The van der Waals surface area contributed by atoms with Gasteiger partial charge in [-0.1, -0.05) is 66.5 Å². The van der Waals surface area contributed by atoms with E-state index < -0.39 is 5.91 Å². The quantitative estimate of drug-likeness (QED) is 0.208. The molecule has 7 nitrogen and oxygen atoms in total. The van der Waals surface area contributed by atoms with Crippen LogP contribution in [0, 0.1) is 11.3 Å². The number of hydrogen-bond acceptors (Lipinski definition) is 7. The Morgan fingerprint density at radius 3 is 2.57 bits per heavy atom. The third-order valence-electron chi connectivity index (χ3n) is 5.62. The minimum absolute atomic E-state index is 0.0128. The van der Waals surface area contributed by atoms with Crippen molar-refractivity contribution in [1.29, 1.82) is 5.26 Å². The number of benzene rings is 2. The fourth-order valence-electron chi connectivity index (χ4n) is 3.81. The number of carbonyl (C=O) groups is 1. The van der Waals surface area contributed by atoms with Gasteiger partial charge in [-0.15, -0.1) is 10.2 Å². The Morgan fingerprint density at radius 2 is 1.83 bits per heavy atom. The van der Waals surface area contributed by atoms with Crippen LogP contribution in [0.3, 0.4) is 0 Å². The zero-order valence-corrected chi connectivity index (χ0v) is 20.6. The highest BCUT2D eigenvalue weighted by molar-refractivity contribution is 7.15. The summed E-state index contributed by atoms with van der Waals surface area (Å²) < 4.78 is 11.3. The van der Waals surface area contributed by atoms with Crippen molar-refractivity contribution < 1.29 is 14.3 Å². The van der Waals surface area contributed by atoms with Gasteiger partial charge in [0.25, 0.3) is 5.91 Å². The highest BCUT2D eigenvalue weighted by Crippen LogP contribution is 2.35. The van der Waals surface area contributed by atoms with Crippen LogP contribution < -0.4 is 14.8 Å². The minimum atomic E-state index is -0.504. The lowest BCUT2D eigenvalue weighted by molar-refractivity contribution is -0.112. The zero-order chi connectivity index (χ0) is 24.5. The molecule has 3 aromatic rings. The maximum Gasteiger partial charge on any atom is 0.268 e. The topological polar surface area (TPSA) is 97.1 Å². The number of carbonyl (C=O) groups excluding carboxylic acids is 1. The van der Waals surface area contributed by atoms with Crippen molar-refractivity contribution in [3.8, 4) is 17.6 Å². The van der Waals surface area contributed by atoms with E-state index in [1.807, 2.05) is 18.2 Å². The number of nitrogens with one attached hydrogen (secondary N) is 1. The second-order valence-corrected chi connectivity index (χ2v) is 9.52. The lowest BCUT2D eigenvalue weighted by Crippen LogP contribution is -2.13. The number of para-hydroxylation sites is 1. The van der Waals surface area contributed by atoms with Crippen LogP contribution in [-0.4, -0.2) is 29.3 Å². The summed E-state index contributed by atoms with van der Waals surface area (Å²) in [5, 5.41) is 22.5. The van der Waals surface area contributed by atoms with Crippen LogP contribution in [0.2, 0.25) is 5.02 Å². The second-order valence-electron chi connectivity index (χ2n) is 8.10. The van der Waals surface area contributed by atoms with Crippen molar-refractivity contribution in [3.63, 3.8) is 0 Å². The van der Waals surface area contributed by atoms with Gasteiger partial charge in [-0.25, -0.2) is 0 Å². The molecule has 180 valence electrons. The Labute approximate surface area is 213 Å². The summed E-state index contributed by atoms with van der Waals surface area (Å²) in [7, 11) is 0. The van der Waals surface area contributed by atoms with Crippen molar-refractivity contribution in [2.24, 2.45) is 0 Å². The third kappa shape index (κ3) is 7.04. The lowest BCUT2D eigenvalue weighted by Gasteiger charge is -2.18. The van der Waals surface area contributed by atoms with E-state index in [2.05, 4.69) is 15.5 Å². The number of amides is 1. The number of nitriles is 1. The van der Waals surface area contributed by atoms with Crippen LogP contribution in [0.4, 0.5) is 5.13 Å². The number of ether oxygens (including phenoxy) is 2. The highest BCUT2D eigenvalue weighted by Gasteiger charge is 2.20. The molecule has 1 aliphatic carbocycles. The first-order valence-electron chi connectivity index (χ1n) is 11.5. The molecule has 0 saturated heterocycles. The van der Waals surface area contributed by atoms with Crippen LogP contribution in [0.5, 0.6) is 11.5 Å². The number of hydrogen-bond donors (Lipinski definition) is 1. The van der Waals surface area contributed by atoms with Crippen LogP contribution >= 0.6 is 22.9 Å². The molecule has 0 spiro atoms. The number of nitrogens with zero attached hydrogens (tertiary/aromatic N) is 3. The number of rotatable bonds is 9. The van der Waals surface area contributed by atoms with Gasteiger partial charge in [-0.3, -0.25) is 10.1 Å². The first-order chi connectivity index (χ1) is 17.1. The average Bonchev–Trinajstić information content (AvgIpc) is 3.36. The summed E-state index contributed by atoms with van der Waals surface area (Å²) in [6, 6.07) is 16.3. The number of halogens is 1. The van der Waals surface area contributed by atoms with Gasteiger partial charge >= 0.3 is 0 Å². The number of anilines is 1. The van der Waals surface area contributed by atoms with E-state index in [1.165, 1.54) is 36.7 Å². The Bertz CT molecular complexity index is 1210. The molecule has 0 unspecified atom stereocenters. The molecule has 1 aromatic heterocycles. The van der Waals surface area contributed by atoms with E-state index in [0.29, 0.717) is 46.3 Å². The normalized spacial score (nSPS) is 14.2. The van der Waals surface area contributed by atoms with Crippen molar-refractivity contribution in [2.45, 2.75) is 38.0 Å². The maximum atomic E-state index is 12.6. The summed E-state index contributed by atoms with van der Waals surface area (Å²) in [6.45, 7) is 0.690. The molecule has 1 amide bonds. The van der Waals surface area contributed by atoms with Gasteiger partial charge in [0.05, 0.1) is 5.02 Å². The zero-order valence-electron chi connectivity index (χ0n) is 19.1. The van der Waals surface area contributed by atoms with Gasteiger partial charge in [0, 0.05) is 5.92 Å². The van der Waals surface area contributed by atoms with E-state index in [4.69, 9.17) is 21.1 Å². The summed E-state index contributed by atoms with van der Waals surface area (Å²) in [6.07, 6.45) is 7.42. The lowest BCUT2D eigenvalue weighted by atomic mass is 9.90. The average molecular weight is 509 g/mol. The standard InChI is InChI=1S/C26H25ClN4O3S/c27-22-8-4-5-9-23(22)34-15-14-33-21-12-10-18(11-13-21)16-20(17-28)24(32)29-26-31-30-25(35-26)19-6-2-1-3-7-19/h4-5,8-13,16,19H,1-3,6-7,14-15H2,(H,29,31,32). The first-order valence-corrected chi connectivity index (χ1v) is 12.7. The predicted octanol–water partition coefficient (Wildman–Crippen LogP) is 6.24. The van der Waals surface area contributed by atoms with E-state index >= 15 is 0 Å². The molecule has 1 aliphatic rings. The van der Waals surface area contributed by atoms with Crippen molar-refractivity contribution in [3.05, 3.63) is 69.7 Å².